The highest BCUT2D eigenvalue weighted by Crippen LogP contribution is 2.34. The molecular weight excluding hydrogens is 260 g/mol. The maximum absolute atomic E-state index is 12.2. The summed E-state index contributed by atoms with van der Waals surface area (Å²) >= 11 is 0. The summed E-state index contributed by atoms with van der Waals surface area (Å²) in [5.41, 5.74) is 0.901. The Kier molecular flexibility index (Phi) is 3.92. The zero-order chi connectivity index (χ0) is 14.9. The van der Waals surface area contributed by atoms with E-state index in [-0.39, 0.29) is 17.9 Å². The number of aromatic amines is 1. The lowest BCUT2D eigenvalue weighted by Gasteiger charge is -2.16. The van der Waals surface area contributed by atoms with Gasteiger partial charge in [0, 0.05) is 11.7 Å². The minimum absolute atomic E-state index is 0.0617. The van der Waals surface area contributed by atoms with Crippen LogP contribution in [0, 0.1) is 19.8 Å². The number of hydrogen-bond donors (Lipinski definition) is 3. The molecule has 1 heterocycles. The van der Waals surface area contributed by atoms with E-state index >= 15 is 0 Å². The van der Waals surface area contributed by atoms with Gasteiger partial charge in [0.25, 0.3) is 11.5 Å². The van der Waals surface area contributed by atoms with Crippen LogP contribution < -0.4 is 10.9 Å². The topological polar surface area (TPSA) is 99.3 Å². The Labute approximate surface area is 116 Å². The third-order valence-corrected chi connectivity index (χ3v) is 3.49. The summed E-state index contributed by atoms with van der Waals surface area (Å²) in [5, 5.41) is 11.6. The number of hydrogen-bond acceptors (Lipinski definition) is 3. The molecule has 3 N–H and O–H groups in total. The fourth-order valence-electron chi connectivity index (χ4n) is 2.40. The summed E-state index contributed by atoms with van der Waals surface area (Å²) in [6, 6.07) is 1.32. The second-order valence-corrected chi connectivity index (χ2v) is 5.35. The first kappa shape index (κ1) is 14.3. The van der Waals surface area contributed by atoms with Crippen LogP contribution in [0.4, 0.5) is 0 Å². The van der Waals surface area contributed by atoms with Crippen molar-refractivity contribution in [3.05, 3.63) is 33.2 Å². The van der Waals surface area contributed by atoms with E-state index in [1.165, 1.54) is 0 Å². The van der Waals surface area contributed by atoms with Gasteiger partial charge in [-0.1, -0.05) is 0 Å². The second kappa shape index (κ2) is 5.48. The number of carbonyl (C=O) groups excluding carboxylic acids is 1. The molecule has 0 bridgehead atoms. The Morgan fingerprint density at radius 1 is 1.45 bits per heavy atom. The monoisotopic (exact) mass is 278 g/mol. The number of pyridine rings is 1. The number of nitrogens with one attached hydrogen (secondary N) is 2. The van der Waals surface area contributed by atoms with E-state index in [9.17, 15) is 14.4 Å². The van der Waals surface area contributed by atoms with Crippen molar-refractivity contribution in [2.75, 3.05) is 0 Å². The Balaban J connectivity index is 2.19. The number of aliphatic carboxylic acids is 1. The van der Waals surface area contributed by atoms with E-state index in [0.717, 1.165) is 12.8 Å². The minimum Gasteiger partial charge on any atom is -0.481 e. The van der Waals surface area contributed by atoms with E-state index in [4.69, 9.17) is 5.11 Å². The molecule has 1 aliphatic rings. The van der Waals surface area contributed by atoms with Crippen LogP contribution in [-0.2, 0) is 4.79 Å². The molecule has 1 fully saturated rings. The predicted octanol–water partition coefficient (Wildman–Crippen LogP) is 0.975. The van der Waals surface area contributed by atoms with Crippen molar-refractivity contribution < 1.29 is 14.7 Å². The number of carboxylic acids is 1. The average Bonchev–Trinajstić information content (AvgIpc) is 3.09. The van der Waals surface area contributed by atoms with Crippen LogP contribution in [0.1, 0.15) is 40.9 Å². The summed E-state index contributed by atoms with van der Waals surface area (Å²) in [6.45, 7) is 3.44. The zero-order valence-electron chi connectivity index (χ0n) is 11.5. The molecule has 2 rings (SSSR count). The third kappa shape index (κ3) is 3.26. The van der Waals surface area contributed by atoms with Crippen LogP contribution in [-0.4, -0.2) is 28.0 Å². The van der Waals surface area contributed by atoms with Crippen molar-refractivity contribution in [3.8, 4) is 0 Å². The molecule has 6 nitrogen and oxygen atoms in total. The molecule has 0 aliphatic heterocycles. The molecule has 1 aromatic heterocycles. The van der Waals surface area contributed by atoms with E-state index < -0.39 is 23.5 Å². The van der Waals surface area contributed by atoms with Gasteiger partial charge < -0.3 is 15.4 Å². The van der Waals surface area contributed by atoms with Gasteiger partial charge in [0.2, 0.25) is 0 Å². The lowest BCUT2D eigenvalue weighted by Crippen LogP contribution is -2.40. The highest BCUT2D eigenvalue weighted by atomic mass is 16.4. The lowest BCUT2D eigenvalue weighted by molar-refractivity contribution is -0.137. The maximum Gasteiger partial charge on any atom is 0.305 e. The molecule has 1 unspecified atom stereocenters. The van der Waals surface area contributed by atoms with E-state index in [1.807, 2.05) is 0 Å². The first-order valence-corrected chi connectivity index (χ1v) is 6.61. The van der Waals surface area contributed by atoms with Gasteiger partial charge in [0.1, 0.15) is 5.56 Å². The van der Waals surface area contributed by atoms with Crippen LogP contribution in [0.3, 0.4) is 0 Å². The van der Waals surface area contributed by atoms with Crippen molar-refractivity contribution in [3.63, 3.8) is 0 Å². The standard InChI is InChI=1S/C14H18N2O4/c1-7-5-8(2)15-13(19)12(7)14(20)16-10(6-11(17)18)9-3-4-9/h5,9-10H,3-4,6H2,1-2H3,(H,15,19)(H,16,20)(H,17,18). The van der Waals surface area contributed by atoms with Crippen LogP contribution in [0.2, 0.25) is 0 Å². The second-order valence-electron chi connectivity index (χ2n) is 5.35. The Morgan fingerprint density at radius 3 is 2.60 bits per heavy atom. The number of amides is 1. The number of H-pyrrole nitrogens is 1. The van der Waals surface area contributed by atoms with Crippen molar-refractivity contribution in [1.29, 1.82) is 0 Å². The molecule has 0 saturated heterocycles. The third-order valence-electron chi connectivity index (χ3n) is 3.49. The van der Waals surface area contributed by atoms with Crippen molar-refractivity contribution in [1.82, 2.24) is 10.3 Å². The number of rotatable bonds is 5. The summed E-state index contributed by atoms with van der Waals surface area (Å²) in [6.07, 6.45) is 1.72. The molecule has 20 heavy (non-hydrogen) atoms. The zero-order valence-corrected chi connectivity index (χ0v) is 11.5. The molecule has 0 spiro atoms. The summed E-state index contributed by atoms with van der Waals surface area (Å²) in [4.78, 5) is 37.5. The number of carbonyl (C=O) groups is 2. The van der Waals surface area contributed by atoms with Gasteiger partial charge in [-0.2, -0.15) is 0 Å². The Hall–Kier alpha value is -2.11. The predicted molar refractivity (Wildman–Crippen MR) is 72.8 cm³/mol. The minimum atomic E-state index is -0.947. The van der Waals surface area contributed by atoms with Gasteiger partial charge in [-0.15, -0.1) is 0 Å². The fourth-order valence-corrected chi connectivity index (χ4v) is 2.40. The molecule has 1 atom stereocenters. The lowest BCUT2D eigenvalue weighted by atomic mass is 10.1. The van der Waals surface area contributed by atoms with Gasteiger partial charge in [0.15, 0.2) is 0 Å². The fraction of sp³-hybridized carbons (Fsp3) is 0.500. The first-order valence-electron chi connectivity index (χ1n) is 6.61. The van der Waals surface area contributed by atoms with Gasteiger partial charge in [0.05, 0.1) is 6.42 Å². The van der Waals surface area contributed by atoms with Crippen LogP contribution in [0.5, 0.6) is 0 Å². The highest BCUT2D eigenvalue weighted by Gasteiger charge is 2.34. The van der Waals surface area contributed by atoms with E-state index in [2.05, 4.69) is 10.3 Å². The molecule has 1 aliphatic carbocycles. The molecular formula is C14H18N2O4. The molecule has 0 radical (unpaired) electrons. The van der Waals surface area contributed by atoms with E-state index in [0.29, 0.717) is 11.3 Å². The Morgan fingerprint density at radius 2 is 2.10 bits per heavy atom. The molecule has 108 valence electrons. The van der Waals surface area contributed by atoms with Gasteiger partial charge in [-0.25, -0.2) is 0 Å². The molecule has 1 amide bonds. The number of aromatic nitrogens is 1. The molecule has 1 aromatic rings. The largest absolute Gasteiger partial charge is 0.481 e. The quantitative estimate of drug-likeness (QED) is 0.747. The van der Waals surface area contributed by atoms with Crippen LogP contribution in [0.15, 0.2) is 10.9 Å². The van der Waals surface area contributed by atoms with Crippen LogP contribution in [0.25, 0.3) is 0 Å². The SMILES string of the molecule is Cc1cc(C)c(C(=O)NC(CC(=O)O)C2CC2)c(=O)[nH]1. The molecule has 6 heteroatoms. The molecule has 1 saturated carbocycles. The smallest absolute Gasteiger partial charge is 0.305 e. The van der Waals surface area contributed by atoms with Crippen molar-refractivity contribution in [2.24, 2.45) is 5.92 Å². The van der Waals surface area contributed by atoms with Crippen LogP contribution >= 0.6 is 0 Å². The van der Waals surface area contributed by atoms with Gasteiger partial charge in [-0.05, 0) is 44.2 Å². The summed E-state index contributed by atoms with van der Waals surface area (Å²) in [7, 11) is 0. The number of aryl methyl sites for hydroxylation is 2. The summed E-state index contributed by atoms with van der Waals surface area (Å²) < 4.78 is 0. The summed E-state index contributed by atoms with van der Waals surface area (Å²) in [5.74, 6) is -1.24. The average molecular weight is 278 g/mol. The molecule has 0 aromatic carbocycles. The number of carboxylic acid groups (broad SMARTS) is 1. The highest BCUT2D eigenvalue weighted by molar-refractivity contribution is 5.95. The normalized spacial score (nSPS) is 15.7. The first-order chi connectivity index (χ1) is 9.38. The van der Waals surface area contributed by atoms with Crippen molar-refractivity contribution in [2.45, 2.75) is 39.2 Å². The van der Waals surface area contributed by atoms with E-state index in [1.54, 1.807) is 19.9 Å². The maximum atomic E-state index is 12.2. The van der Waals surface area contributed by atoms with Gasteiger partial charge >= 0.3 is 5.97 Å². The van der Waals surface area contributed by atoms with Gasteiger partial charge in [-0.3, -0.25) is 14.4 Å². The van der Waals surface area contributed by atoms with Crippen molar-refractivity contribution >= 4 is 11.9 Å². The Bertz CT molecular complexity index is 602.